The molecule has 4 unspecified atom stereocenters. The Hall–Kier alpha value is -3.01. The van der Waals surface area contributed by atoms with Crippen molar-refractivity contribution in [1.82, 2.24) is 19.5 Å². The minimum atomic E-state index is -5.68. The third kappa shape index (κ3) is 6.65. The van der Waals surface area contributed by atoms with Gasteiger partial charge in [0.15, 0.2) is 36.2 Å². The molecule has 0 saturated carbocycles. The molecule has 44 heavy (non-hydrogen) atoms. The first kappa shape index (κ1) is 32.4. The third-order valence-electron chi connectivity index (χ3n) is 6.73. The zero-order valence-corrected chi connectivity index (χ0v) is 23.9. The minimum Gasteiger partial charge on any atom is -0.756 e. The van der Waals surface area contributed by atoms with Crippen molar-refractivity contribution in [3.8, 4) is 0 Å². The molecule has 21 nitrogen and oxygen atoms in total. The number of hydrogen-bond acceptors (Lipinski definition) is 18. The van der Waals surface area contributed by atoms with Crippen LogP contribution in [0.15, 0.2) is 37.2 Å². The van der Waals surface area contributed by atoms with Gasteiger partial charge in [0.2, 0.25) is 0 Å². The van der Waals surface area contributed by atoms with Gasteiger partial charge in [-0.1, -0.05) is 0 Å². The number of nitrogen functional groups attached to an aromatic ring is 1. The average Bonchev–Trinajstić information content (AvgIpc) is 3.61. The minimum absolute atomic E-state index is 0.0363. The lowest BCUT2D eigenvalue weighted by molar-refractivity contribution is -0.765. The van der Waals surface area contributed by atoms with E-state index < -0.39 is 83.8 Å². The molecule has 3 aromatic rings. The summed E-state index contributed by atoms with van der Waals surface area (Å²) in [5.41, 5.74) is 11.3. The smallest absolute Gasteiger partial charge is 0.292 e. The molecule has 5 heterocycles. The molecule has 5 rings (SSSR count). The molecule has 2 aliphatic rings. The number of hydrogen-bond donors (Lipinski definition) is 6. The number of rotatable bonds is 11. The van der Waals surface area contributed by atoms with Gasteiger partial charge in [-0.25, -0.2) is 19.3 Å². The molecular weight excluding hydrogens is 636 g/mol. The van der Waals surface area contributed by atoms with Crippen LogP contribution in [-0.4, -0.2) is 95.7 Å². The molecule has 2 aliphatic heterocycles. The van der Waals surface area contributed by atoms with Crippen LogP contribution in [0, 0.1) is 0 Å². The van der Waals surface area contributed by atoms with Gasteiger partial charge in [-0.15, -0.1) is 0 Å². The van der Waals surface area contributed by atoms with Crippen LogP contribution < -0.4 is 25.8 Å². The summed E-state index contributed by atoms with van der Waals surface area (Å²) in [5.74, 6) is -0.743. The Balaban J connectivity index is 1.16. The van der Waals surface area contributed by atoms with E-state index in [-0.39, 0.29) is 22.5 Å². The lowest BCUT2D eigenvalue weighted by atomic mass is 10.1. The monoisotopic (exact) mass is 662 g/mol. The summed E-state index contributed by atoms with van der Waals surface area (Å²) in [6.07, 6.45) is -7.26. The van der Waals surface area contributed by atoms with Crippen LogP contribution in [0.1, 0.15) is 22.8 Å². The van der Waals surface area contributed by atoms with Gasteiger partial charge in [0, 0.05) is 6.07 Å². The molecule has 3 aromatic heterocycles. The maximum atomic E-state index is 12.3. The van der Waals surface area contributed by atoms with E-state index in [1.165, 1.54) is 40.0 Å². The second kappa shape index (κ2) is 12.4. The summed E-state index contributed by atoms with van der Waals surface area (Å²) in [7, 11) is -11.4. The van der Waals surface area contributed by atoms with Crippen molar-refractivity contribution in [2.45, 2.75) is 49.1 Å². The number of carbonyl (C=O) groups excluding carboxylic acids is 1. The quantitative estimate of drug-likeness (QED) is 0.0835. The van der Waals surface area contributed by atoms with Crippen LogP contribution in [0.5, 0.6) is 0 Å². The van der Waals surface area contributed by atoms with E-state index in [9.17, 15) is 44.1 Å². The van der Waals surface area contributed by atoms with Gasteiger partial charge in [0.05, 0.1) is 19.5 Å². The van der Waals surface area contributed by atoms with E-state index in [2.05, 4.69) is 28.3 Å². The van der Waals surface area contributed by atoms with Gasteiger partial charge in [-0.05, 0) is 6.07 Å². The Labute approximate surface area is 246 Å². The van der Waals surface area contributed by atoms with Gasteiger partial charge in [-0.2, -0.15) is 4.57 Å². The number of anilines is 1. The fraction of sp³-hybridized carbons (Fsp3) is 0.476. The fourth-order valence-corrected chi connectivity index (χ4v) is 6.58. The molecule has 0 aromatic carbocycles. The molecule has 0 aliphatic carbocycles. The van der Waals surface area contributed by atoms with Crippen molar-refractivity contribution < 1.29 is 71.5 Å². The third-order valence-corrected chi connectivity index (χ3v) is 9.26. The van der Waals surface area contributed by atoms with Crippen LogP contribution >= 0.6 is 15.6 Å². The highest BCUT2D eigenvalue weighted by molar-refractivity contribution is 7.59. The number of aromatic nitrogens is 5. The maximum Gasteiger partial charge on any atom is 0.292 e. The normalized spacial score (nSPS) is 31.6. The highest BCUT2D eigenvalue weighted by atomic mass is 31.3. The van der Waals surface area contributed by atoms with Crippen molar-refractivity contribution in [2.24, 2.45) is 5.73 Å². The van der Waals surface area contributed by atoms with Crippen molar-refractivity contribution >= 4 is 38.5 Å². The first-order valence-electron chi connectivity index (χ1n) is 12.6. The second-order valence-electron chi connectivity index (χ2n) is 9.65. The molecule has 0 spiro atoms. The van der Waals surface area contributed by atoms with E-state index in [1.54, 1.807) is 0 Å². The molecule has 0 radical (unpaired) electrons. The molecular formula is C21H26N7O14P2-. The number of amides is 1. The van der Waals surface area contributed by atoms with Crippen LogP contribution in [0.25, 0.3) is 11.2 Å². The van der Waals surface area contributed by atoms with Gasteiger partial charge in [0.1, 0.15) is 47.9 Å². The molecule has 2 saturated heterocycles. The van der Waals surface area contributed by atoms with Crippen LogP contribution in [0.3, 0.4) is 0 Å². The van der Waals surface area contributed by atoms with Crippen molar-refractivity contribution in [3.05, 3.63) is 42.7 Å². The summed E-state index contributed by atoms with van der Waals surface area (Å²) in [6, 6.07) is 2.80. The summed E-state index contributed by atoms with van der Waals surface area (Å²) in [4.78, 5) is 47.8. The predicted molar refractivity (Wildman–Crippen MR) is 135 cm³/mol. The first-order valence-corrected chi connectivity index (χ1v) is 15.5. The van der Waals surface area contributed by atoms with Gasteiger partial charge >= 0.3 is 0 Å². The zero-order chi connectivity index (χ0) is 32.0. The van der Waals surface area contributed by atoms with Crippen molar-refractivity contribution in [3.63, 3.8) is 0 Å². The number of ether oxygens (including phenoxy) is 2. The van der Waals surface area contributed by atoms with Crippen molar-refractivity contribution in [2.75, 3.05) is 18.9 Å². The van der Waals surface area contributed by atoms with E-state index in [0.717, 1.165) is 6.33 Å². The highest BCUT2D eigenvalue weighted by Gasteiger charge is 2.49. The Kier molecular flexibility index (Phi) is 9.13. The molecule has 240 valence electrons. The summed E-state index contributed by atoms with van der Waals surface area (Å²) >= 11 is 0. The van der Waals surface area contributed by atoms with E-state index in [4.69, 9.17) is 20.9 Å². The number of primary amides is 1. The first-order chi connectivity index (χ1) is 20.7. The topological polar surface area (TPSA) is 324 Å². The number of phosphoric acid groups is 2. The molecule has 2 fully saturated rings. The number of fused-ring (bicyclic) bond motifs is 1. The second-order valence-corrected chi connectivity index (χ2v) is 12.6. The number of nitrogens with two attached hydrogens (primary N) is 2. The lowest BCUT2D eigenvalue weighted by Crippen LogP contribution is -2.46. The molecule has 10 atom stereocenters. The standard InChI is InChI=1S/C21H27N7O14P2/c22-17-12-19(25-7-24-17)28(8-26-12)21-16(32)14(30)11(41-21)6-39-44(36,37)42-43(34,35)38-5-10-13(29)15(31)20(40-10)27-3-1-2-9(4-27)18(23)33/h1-4,7-8,10-11,13-16,20-21,29-32H,5-6H2,(H5-,22,23,24,25,33,34,35,36,37)/p-1/t10-,11-,13?,14?,15+,16+,20-,21-/m1/s1. The number of aliphatic hydroxyl groups excluding tert-OH is 4. The Morgan fingerprint density at radius 3 is 2.30 bits per heavy atom. The van der Waals surface area contributed by atoms with Crippen LogP contribution in [0.4, 0.5) is 5.82 Å². The fourth-order valence-electron chi connectivity index (χ4n) is 4.56. The molecule has 0 bridgehead atoms. The van der Waals surface area contributed by atoms with Gasteiger partial charge in [-0.3, -0.25) is 18.5 Å². The highest BCUT2D eigenvalue weighted by Crippen LogP contribution is 2.56. The summed E-state index contributed by atoms with van der Waals surface area (Å²) < 4.78 is 51.1. The average molecular weight is 662 g/mol. The van der Waals surface area contributed by atoms with Crippen LogP contribution in [0.2, 0.25) is 0 Å². The molecule has 8 N–H and O–H groups in total. The summed E-state index contributed by atoms with van der Waals surface area (Å²) in [5, 5.41) is 41.5. The Morgan fingerprint density at radius 1 is 1.00 bits per heavy atom. The number of imidazole rings is 1. The zero-order valence-electron chi connectivity index (χ0n) is 22.2. The predicted octanol–water partition coefficient (Wildman–Crippen LogP) is -4.28. The number of phosphoric ester groups is 2. The van der Waals surface area contributed by atoms with E-state index in [1.807, 2.05) is 0 Å². The van der Waals surface area contributed by atoms with Crippen molar-refractivity contribution in [1.29, 1.82) is 0 Å². The molecule has 1 amide bonds. The van der Waals surface area contributed by atoms with Gasteiger partial charge in [0.25, 0.3) is 27.8 Å². The number of pyridine rings is 1. The number of nitrogens with zero attached hydrogens (tertiary/aromatic N) is 5. The SMILES string of the molecule is NC(=O)c1ccc[n+]([C@@H]2O[C@H](COP(=O)([O-])OP(=O)([O-])OC[C@H]3O[C@@H](n4cnc5c(N)ncnc54)[C@@H](O)C3O)C(O)[C@@H]2O)c1. The largest absolute Gasteiger partial charge is 0.756 e. The number of aliphatic hydroxyl groups is 4. The van der Waals surface area contributed by atoms with E-state index in [0.29, 0.717) is 0 Å². The maximum absolute atomic E-state index is 12.3. The number of carbonyl (C=O) groups is 1. The summed E-state index contributed by atoms with van der Waals surface area (Å²) in [6.45, 7) is -1.98. The van der Waals surface area contributed by atoms with Crippen LogP contribution in [-0.2, 0) is 32.0 Å². The Bertz CT molecular complexity index is 1630. The molecule has 23 heteroatoms. The Morgan fingerprint density at radius 2 is 1.64 bits per heavy atom. The van der Waals surface area contributed by atoms with E-state index >= 15 is 0 Å². The van der Waals surface area contributed by atoms with Gasteiger partial charge < -0.3 is 60.2 Å². The lowest BCUT2D eigenvalue weighted by Gasteiger charge is -2.31.